The van der Waals surface area contributed by atoms with E-state index in [2.05, 4.69) is 15.9 Å². The second-order valence-corrected chi connectivity index (χ2v) is 4.10. The van der Waals surface area contributed by atoms with Crippen LogP contribution >= 0.6 is 15.9 Å². The van der Waals surface area contributed by atoms with Gasteiger partial charge in [-0.1, -0.05) is 0 Å². The number of ether oxygens (including phenoxy) is 2. The average molecular weight is 303 g/mol. The summed E-state index contributed by atoms with van der Waals surface area (Å²) in [4.78, 5) is 21.4. The molecule has 0 radical (unpaired) electrons. The summed E-state index contributed by atoms with van der Waals surface area (Å²) < 4.78 is 10.7. The summed E-state index contributed by atoms with van der Waals surface area (Å²) in [6.07, 6.45) is -0.338. The number of rotatable bonds is 5. The van der Waals surface area contributed by atoms with Crippen LogP contribution in [0.4, 0.5) is 0 Å². The molecule has 17 heavy (non-hydrogen) atoms. The second-order valence-electron chi connectivity index (χ2n) is 3.24. The number of halogens is 1. The van der Waals surface area contributed by atoms with E-state index < -0.39 is 12.1 Å². The Balaban J connectivity index is 3.10. The predicted octanol–water partition coefficient (Wildman–Crippen LogP) is 2.12. The molecule has 1 unspecified atom stereocenters. The first-order valence-corrected chi connectivity index (χ1v) is 5.51. The van der Waals surface area contributed by atoms with Gasteiger partial charge in [-0.3, -0.25) is 4.79 Å². The maximum absolute atomic E-state index is 10.7. The third kappa shape index (κ3) is 3.20. The van der Waals surface area contributed by atoms with E-state index in [-0.39, 0.29) is 5.75 Å². The highest BCUT2D eigenvalue weighted by Gasteiger charge is 2.17. The number of hydrogen-bond donors (Lipinski definition) is 1. The van der Waals surface area contributed by atoms with E-state index in [9.17, 15) is 9.59 Å². The minimum Gasteiger partial charge on any atom is -0.493 e. The van der Waals surface area contributed by atoms with Crippen molar-refractivity contribution in [1.29, 1.82) is 0 Å². The smallest absolute Gasteiger partial charge is 0.344 e. The molecule has 0 heterocycles. The average Bonchev–Trinajstić information content (AvgIpc) is 2.29. The molecule has 0 aliphatic carbocycles. The molecule has 0 amide bonds. The van der Waals surface area contributed by atoms with Crippen molar-refractivity contribution in [1.82, 2.24) is 0 Å². The van der Waals surface area contributed by atoms with Gasteiger partial charge < -0.3 is 14.6 Å². The molecule has 0 aliphatic rings. The third-order valence-corrected chi connectivity index (χ3v) is 2.75. The summed E-state index contributed by atoms with van der Waals surface area (Å²) in [5.74, 6) is -0.508. The number of aliphatic carboxylic acids is 1. The highest BCUT2D eigenvalue weighted by atomic mass is 79.9. The Bertz CT molecular complexity index is 444. The van der Waals surface area contributed by atoms with Gasteiger partial charge in [0.25, 0.3) is 0 Å². The largest absolute Gasteiger partial charge is 0.493 e. The molecule has 6 heteroatoms. The minimum atomic E-state index is -1.08. The van der Waals surface area contributed by atoms with Gasteiger partial charge in [-0.25, -0.2) is 4.79 Å². The molecule has 5 nitrogen and oxygen atoms in total. The van der Waals surface area contributed by atoms with Crippen LogP contribution in [0.15, 0.2) is 16.6 Å². The van der Waals surface area contributed by atoms with Crippen molar-refractivity contribution in [2.45, 2.75) is 13.0 Å². The summed E-state index contributed by atoms with van der Waals surface area (Å²) in [5.41, 5.74) is 0.400. The number of carbonyl (C=O) groups is 2. The number of methoxy groups -OCH3 is 1. The van der Waals surface area contributed by atoms with E-state index in [0.29, 0.717) is 22.1 Å². The van der Waals surface area contributed by atoms with Gasteiger partial charge >= 0.3 is 5.97 Å². The van der Waals surface area contributed by atoms with Crippen LogP contribution in [0.2, 0.25) is 0 Å². The summed E-state index contributed by atoms with van der Waals surface area (Å²) in [5, 5.41) is 8.74. The van der Waals surface area contributed by atoms with E-state index in [1.807, 2.05) is 0 Å². The Labute approximate surface area is 106 Å². The summed E-state index contributed by atoms with van der Waals surface area (Å²) in [6, 6.07) is 2.98. The Morgan fingerprint density at radius 1 is 1.47 bits per heavy atom. The SMILES string of the molecule is COc1cc(C=O)c(Br)cc1OC(C)C(=O)O. The lowest BCUT2D eigenvalue weighted by Gasteiger charge is -2.14. The van der Waals surface area contributed by atoms with Crippen LogP contribution < -0.4 is 9.47 Å². The van der Waals surface area contributed by atoms with Gasteiger partial charge in [0.2, 0.25) is 0 Å². The first-order valence-electron chi connectivity index (χ1n) is 4.71. The van der Waals surface area contributed by atoms with E-state index >= 15 is 0 Å². The van der Waals surface area contributed by atoms with Gasteiger partial charge in [-0.15, -0.1) is 0 Å². The molecule has 1 aromatic carbocycles. The van der Waals surface area contributed by atoms with Crippen molar-refractivity contribution in [2.75, 3.05) is 7.11 Å². The van der Waals surface area contributed by atoms with Crippen LogP contribution in [-0.2, 0) is 4.79 Å². The fourth-order valence-corrected chi connectivity index (χ4v) is 1.55. The van der Waals surface area contributed by atoms with Crippen LogP contribution in [0, 0.1) is 0 Å². The van der Waals surface area contributed by atoms with Crippen molar-refractivity contribution in [2.24, 2.45) is 0 Å². The van der Waals surface area contributed by atoms with Crippen LogP contribution in [0.5, 0.6) is 11.5 Å². The molecule has 0 saturated carbocycles. The lowest BCUT2D eigenvalue weighted by molar-refractivity contribution is -0.144. The molecule has 1 rings (SSSR count). The van der Waals surface area contributed by atoms with Gasteiger partial charge in [0.15, 0.2) is 23.9 Å². The van der Waals surface area contributed by atoms with Crippen molar-refractivity contribution in [3.63, 3.8) is 0 Å². The fraction of sp³-hybridized carbons (Fsp3) is 0.273. The first-order chi connectivity index (χ1) is 7.99. The second kappa shape index (κ2) is 5.67. The van der Waals surface area contributed by atoms with Gasteiger partial charge in [-0.2, -0.15) is 0 Å². The molecule has 1 aromatic rings. The molecular formula is C11H11BrO5. The van der Waals surface area contributed by atoms with E-state index in [0.717, 1.165) is 0 Å². The van der Waals surface area contributed by atoms with Gasteiger partial charge in [0, 0.05) is 10.0 Å². The maximum atomic E-state index is 10.7. The topological polar surface area (TPSA) is 72.8 Å². The van der Waals surface area contributed by atoms with Gasteiger partial charge in [-0.05, 0) is 35.0 Å². The number of benzene rings is 1. The predicted molar refractivity (Wildman–Crippen MR) is 63.8 cm³/mol. The molecule has 0 saturated heterocycles. The Morgan fingerprint density at radius 2 is 2.12 bits per heavy atom. The number of carboxylic acid groups (broad SMARTS) is 1. The standard InChI is InChI=1S/C11H11BrO5/c1-6(11(14)15)17-10-4-8(12)7(5-13)3-9(10)16-2/h3-6H,1-2H3,(H,14,15). The quantitative estimate of drug-likeness (QED) is 0.844. The van der Waals surface area contributed by atoms with Crippen LogP contribution in [0.1, 0.15) is 17.3 Å². The molecule has 92 valence electrons. The minimum absolute atomic E-state index is 0.264. The molecule has 0 aromatic heterocycles. The molecule has 0 spiro atoms. The van der Waals surface area contributed by atoms with Crippen molar-refractivity contribution < 1.29 is 24.2 Å². The molecule has 1 N–H and O–H groups in total. The van der Waals surface area contributed by atoms with E-state index in [4.69, 9.17) is 14.6 Å². The number of hydrogen-bond acceptors (Lipinski definition) is 4. The molecule has 0 bridgehead atoms. The number of aldehydes is 1. The maximum Gasteiger partial charge on any atom is 0.344 e. The van der Waals surface area contributed by atoms with Crippen LogP contribution in [0.25, 0.3) is 0 Å². The highest BCUT2D eigenvalue weighted by Crippen LogP contribution is 2.33. The van der Waals surface area contributed by atoms with Crippen molar-refractivity contribution in [3.8, 4) is 11.5 Å². The Morgan fingerprint density at radius 3 is 2.59 bits per heavy atom. The number of carbonyl (C=O) groups excluding carboxylic acids is 1. The zero-order chi connectivity index (χ0) is 13.0. The van der Waals surface area contributed by atoms with E-state index in [1.54, 1.807) is 0 Å². The van der Waals surface area contributed by atoms with Crippen LogP contribution in [0.3, 0.4) is 0 Å². The zero-order valence-electron chi connectivity index (χ0n) is 9.27. The van der Waals surface area contributed by atoms with Crippen molar-refractivity contribution in [3.05, 3.63) is 22.2 Å². The number of carboxylic acids is 1. The molecular weight excluding hydrogens is 292 g/mol. The van der Waals surface area contributed by atoms with Gasteiger partial charge in [0.05, 0.1) is 7.11 Å². The molecule has 0 fully saturated rings. The monoisotopic (exact) mass is 302 g/mol. The summed E-state index contributed by atoms with van der Waals surface area (Å²) in [7, 11) is 1.41. The Kier molecular flexibility index (Phi) is 4.51. The lowest BCUT2D eigenvalue weighted by atomic mass is 10.2. The third-order valence-electron chi connectivity index (χ3n) is 2.06. The molecule has 1 atom stereocenters. The summed E-state index contributed by atoms with van der Waals surface area (Å²) >= 11 is 3.18. The highest BCUT2D eigenvalue weighted by molar-refractivity contribution is 9.10. The lowest BCUT2D eigenvalue weighted by Crippen LogP contribution is -2.23. The summed E-state index contributed by atoms with van der Waals surface area (Å²) in [6.45, 7) is 1.41. The van der Waals surface area contributed by atoms with Gasteiger partial charge in [0.1, 0.15) is 0 Å². The van der Waals surface area contributed by atoms with Crippen LogP contribution in [-0.4, -0.2) is 30.6 Å². The first kappa shape index (κ1) is 13.5. The van der Waals surface area contributed by atoms with Crippen molar-refractivity contribution >= 4 is 28.2 Å². The Hall–Kier alpha value is -1.56. The normalized spacial score (nSPS) is 11.7. The van der Waals surface area contributed by atoms with E-state index in [1.165, 1.54) is 26.2 Å². The molecule has 0 aliphatic heterocycles. The fourth-order valence-electron chi connectivity index (χ4n) is 1.13. The zero-order valence-corrected chi connectivity index (χ0v) is 10.9.